The number of hydrogen-bond acceptors (Lipinski definition) is 7. The number of benzene rings is 1. The Morgan fingerprint density at radius 3 is 2.30 bits per heavy atom. The molecule has 0 radical (unpaired) electrons. The van der Waals surface area contributed by atoms with Gasteiger partial charge in [0, 0.05) is 62.8 Å². The Hall–Kier alpha value is -1.82. The van der Waals surface area contributed by atoms with Gasteiger partial charge in [-0.15, -0.1) is 11.3 Å². The van der Waals surface area contributed by atoms with Crippen LogP contribution in [0.1, 0.15) is 17.3 Å². The number of likely N-dealkylation sites (N-methyl/N-ethyl adjacent to an activating group) is 1. The lowest BCUT2D eigenvalue weighted by Crippen LogP contribution is -2.48. The Morgan fingerprint density at radius 1 is 0.970 bits per heavy atom. The molecule has 1 amide bonds. The molecule has 8 nitrogen and oxygen atoms in total. The number of nitrogens with one attached hydrogen (secondary N) is 1. The molecule has 2 saturated heterocycles. The number of sulfonamides is 1. The fourth-order valence-electron chi connectivity index (χ4n) is 4.07. The summed E-state index contributed by atoms with van der Waals surface area (Å²) in [5.41, 5.74) is 1.50. The number of amides is 1. The minimum absolute atomic E-state index is 0.0875. The van der Waals surface area contributed by atoms with E-state index in [0.29, 0.717) is 42.6 Å². The Kier molecular flexibility index (Phi) is 8.15. The van der Waals surface area contributed by atoms with Gasteiger partial charge in [-0.2, -0.15) is 4.31 Å². The van der Waals surface area contributed by atoms with E-state index < -0.39 is 10.0 Å². The summed E-state index contributed by atoms with van der Waals surface area (Å²) in [5, 5.41) is 3.00. The van der Waals surface area contributed by atoms with E-state index in [9.17, 15) is 13.2 Å². The van der Waals surface area contributed by atoms with E-state index >= 15 is 0 Å². The van der Waals surface area contributed by atoms with Crippen LogP contribution >= 0.6 is 11.3 Å². The van der Waals surface area contributed by atoms with Crippen molar-refractivity contribution in [2.24, 2.45) is 0 Å². The maximum atomic E-state index is 12.8. The predicted molar refractivity (Wildman–Crippen MR) is 130 cm³/mol. The van der Waals surface area contributed by atoms with Crippen LogP contribution in [0.2, 0.25) is 0 Å². The molecule has 0 saturated carbocycles. The zero-order chi connectivity index (χ0) is 23.3. The van der Waals surface area contributed by atoms with Gasteiger partial charge in [-0.1, -0.05) is 19.1 Å². The molecule has 33 heavy (non-hydrogen) atoms. The molecule has 10 heteroatoms. The molecule has 2 fully saturated rings. The lowest BCUT2D eigenvalue weighted by Gasteiger charge is -2.33. The summed E-state index contributed by atoms with van der Waals surface area (Å²) in [6.45, 7) is 10.6. The second-order valence-electron chi connectivity index (χ2n) is 8.24. The van der Waals surface area contributed by atoms with Gasteiger partial charge in [-0.05, 0) is 36.4 Å². The maximum Gasteiger partial charge on any atom is 0.252 e. The highest BCUT2D eigenvalue weighted by Crippen LogP contribution is 2.32. The molecule has 0 spiro atoms. The van der Waals surface area contributed by atoms with Crippen LogP contribution in [0.4, 0.5) is 0 Å². The maximum absolute atomic E-state index is 12.8. The van der Waals surface area contributed by atoms with Crippen molar-refractivity contribution in [1.82, 2.24) is 19.4 Å². The number of hydrogen-bond donors (Lipinski definition) is 1. The molecule has 1 N–H and O–H groups in total. The first-order valence-electron chi connectivity index (χ1n) is 11.5. The topological polar surface area (TPSA) is 82.2 Å². The van der Waals surface area contributed by atoms with Crippen molar-refractivity contribution in [2.45, 2.75) is 11.1 Å². The van der Waals surface area contributed by atoms with Crippen LogP contribution in [0.25, 0.3) is 10.4 Å². The number of ether oxygens (including phenoxy) is 1. The molecular formula is C23H32N4O4S2. The lowest BCUT2D eigenvalue weighted by molar-refractivity contribution is 0.0731. The number of rotatable bonds is 8. The molecule has 0 atom stereocenters. The van der Waals surface area contributed by atoms with Crippen LogP contribution in [-0.2, 0) is 14.8 Å². The van der Waals surface area contributed by atoms with E-state index in [4.69, 9.17) is 4.74 Å². The zero-order valence-electron chi connectivity index (χ0n) is 19.0. The monoisotopic (exact) mass is 492 g/mol. The van der Waals surface area contributed by atoms with E-state index in [1.54, 1.807) is 18.2 Å². The molecule has 0 aliphatic carbocycles. The van der Waals surface area contributed by atoms with Crippen molar-refractivity contribution >= 4 is 27.3 Å². The summed E-state index contributed by atoms with van der Waals surface area (Å²) >= 11 is 1.25. The summed E-state index contributed by atoms with van der Waals surface area (Å²) < 4.78 is 32.8. The first-order valence-corrected chi connectivity index (χ1v) is 13.7. The summed E-state index contributed by atoms with van der Waals surface area (Å²) in [7, 11) is -3.49. The fraction of sp³-hybridized carbons (Fsp3) is 0.522. The van der Waals surface area contributed by atoms with E-state index in [-0.39, 0.29) is 5.91 Å². The van der Waals surface area contributed by atoms with E-state index in [1.807, 2.05) is 18.2 Å². The summed E-state index contributed by atoms with van der Waals surface area (Å²) in [6, 6.07) is 10.8. The first kappa shape index (κ1) is 24.3. The Bertz CT molecular complexity index is 1020. The van der Waals surface area contributed by atoms with Gasteiger partial charge in [-0.25, -0.2) is 8.42 Å². The molecule has 3 heterocycles. The average molecular weight is 493 g/mol. The molecular weight excluding hydrogens is 460 g/mol. The van der Waals surface area contributed by atoms with Crippen LogP contribution < -0.4 is 5.32 Å². The van der Waals surface area contributed by atoms with Gasteiger partial charge in [0.1, 0.15) is 4.21 Å². The molecule has 1 aromatic heterocycles. The molecule has 2 aliphatic heterocycles. The van der Waals surface area contributed by atoms with Crippen LogP contribution in [0, 0.1) is 0 Å². The number of thiophene rings is 1. The van der Waals surface area contributed by atoms with Crippen LogP contribution in [0.5, 0.6) is 0 Å². The molecule has 180 valence electrons. The van der Waals surface area contributed by atoms with Gasteiger partial charge in [0.05, 0.1) is 13.2 Å². The second kappa shape index (κ2) is 11.1. The van der Waals surface area contributed by atoms with Crippen molar-refractivity contribution in [3.8, 4) is 10.4 Å². The molecule has 2 aliphatic rings. The van der Waals surface area contributed by atoms with Gasteiger partial charge < -0.3 is 15.0 Å². The van der Waals surface area contributed by atoms with Gasteiger partial charge in [-0.3, -0.25) is 9.69 Å². The zero-order valence-corrected chi connectivity index (χ0v) is 20.7. The predicted octanol–water partition coefficient (Wildman–Crippen LogP) is 1.80. The van der Waals surface area contributed by atoms with Gasteiger partial charge in [0.25, 0.3) is 15.9 Å². The summed E-state index contributed by atoms with van der Waals surface area (Å²) in [4.78, 5) is 18.2. The van der Waals surface area contributed by atoms with E-state index in [1.165, 1.54) is 15.6 Å². The van der Waals surface area contributed by atoms with Gasteiger partial charge >= 0.3 is 0 Å². The number of carbonyl (C=O) groups excluding carboxylic acids is 1. The summed E-state index contributed by atoms with van der Waals surface area (Å²) in [5.74, 6) is -0.0875. The third-order valence-corrected chi connectivity index (χ3v) is 9.70. The second-order valence-corrected chi connectivity index (χ2v) is 11.5. The highest BCUT2D eigenvalue weighted by atomic mass is 32.2. The molecule has 4 rings (SSSR count). The molecule has 0 unspecified atom stereocenters. The van der Waals surface area contributed by atoms with Crippen molar-refractivity contribution in [1.29, 1.82) is 0 Å². The molecule has 1 aromatic carbocycles. The van der Waals surface area contributed by atoms with E-state index in [2.05, 4.69) is 22.0 Å². The fourth-order valence-corrected chi connectivity index (χ4v) is 6.95. The minimum Gasteiger partial charge on any atom is -0.379 e. The van der Waals surface area contributed by atoms with Crippen molar-refractivity contribution in [3.63, 3.8) is 0 Å². The minimum atomic E-state index is -3.49. The Labute approximate surface area is 200 Å². The number of nitrogens with zero attached hydrogens (tertiary/aromatic N) is 3. The standard InChI is InChI=1S/C23H32N4O4S2/c1-2-25-11-13-26(14-12-25)10-9-24-23(28)20-5-3-19(4-6-20)21-7-8-22(32-21)33(29,30)27-15-17-31-18-16-27/h3-8H,2,9-18H2,1H3,(H,24,28). The average Bonchev–Trinajstić information content (AvgIpc) is 3.36. The lowest BCUT2D eigenvalue weighted by atomic mass is 10.1. The smallest absolute Gasteiger partial charge is 0.252 e. The SMILES string of the molecule is CCN1CCN(CCNC(=O)c2ccc(-c3ccc(S(=O)(=O)N4CCOCC4)s3)cc2)CC1. The van der Waals surface area contributed by atoms with Crippen LogP contribution in [-0.4, -0.2) is 101 Å². The highest BCUT2D eigenvalue weighted by Gasteiger charge is 2.28. The number of carbonyl (C=O) groups is 1. The van der Waals surface area contributed by atoms with Crippen molar-refractivity contribution in [3.05, 3.63) is 42.0 Å². The molecule has 0 bridgehead atoms. The molecule has 2 aromatic rings. The number of piperazine rings is 1. The van der Waals surface area contributed by atoms with Gasteiger partial charge in [0.15, 0.2) is 0 Å². The Morgan fingerprint density at radius 2 is 1.64 bits per heavy atom. The van der Waals surface area contributed by atoms with Crippen LogP contribution in [0.3, 0.4) is 0 Å². The van der Waals surface area contributed by atoms with Crippen molar-refractivity contribution < 1.29 is 17.9 Å². The quantitative estimate of drug-likeness (QED) is 0.605. The normalized spacial score (nSPS) is 18.9. The van der Waals surface area contributed by atoms with E-state index in [0.717, 1.165) is 49.7 Å². The first-order chi connectivity index (χ1) is 16.0. The van der Waals surface area contributed by atoms with Crippen LogP contribution in [0.15, 0.2) is 40.6 Å². The van der Waals surface area contributed by atoms with Crippen molar-refractivity contribution in [2.75, 3.05) is 72.1 Å². The number of morpholine rings is 1. The highest BCUT2D eigenvalue weighted by molar-refractivity contribution is 7.91. The largest absolute Gasteiger partial charge is 0.379 e. The third kappa shape index (κ3) is 6.00. The van der Waals surface area contributed by atoms with Gasteiger partial charge in [0.2, 0.25) is 0 Å². The third-order valence-electron chi connectivity index (χ3n) is 6.20. The Balaban J connectivity index is 1.30. The summed E-state index contributed by atoms with van der Waals surface area (Å²) in [6.07, 6.45) is 0.